The number of fused-ring (bicyclic) bond motifs is 1. The molecule has 3 nitrogen and oxygen atoms in total. The van der Waals surface area contributed by atoms with Gasteiger partial charge in [-0.1, -0.05) is 13.8 Å². The predicted octanol–water partition coefficient (Wildman–Crippen LogP) is 2.86. The summed E-state index contributed by atoms with van der Waals surface area (Å²) in [7, 11) is 0. The van der Waals surface area contributed by atoms with E-state index in [1.54, 1.807) is 0 Å². The molecule has 0 radical (unpaired) electrons. The van der Waals surface area contributed by atoms with Gasteiger partial charge in [0, 0.05) is 12.0 Å². The molecular weight excluding hydrogens is 236 g/mol. The van der Waals surface area contributed by atoms with Gasteiger partial charge in [-0.05, 0) is 25.0 Å². The SMILES string of the molecule is CCC(CC)(CN)c1nc2c(F)c(F)ccc2[nH]1. The van der Waals surface area contributed by atoms with Crippen molar-refractivity contribution >= 4 is 11.0 Å². The molecule has 0 aliphatic rings. The highest BCUT2D eigenvalue weighted by Crippen LogP contribution is 2.30. The molecule has 0 spiro atoms. The molecule has 0 fully saturated rings. The fourth-order valence-electron chi connectivity index (χ4n) is 2.24. The van der Waals surface area contributed by atoms with Gasteiger partial charge >= 0.3 is 0 Å². The van der Waals surface area contributed by atoms with Crippen LogP contribution in [0.5, 0.6) is 0 Å². The maximum absolute atomic E-state index is 13.6. The summed E-state index contributed by atoms with van der Waals surface area (Å²) in [6, 6.07) is 2.60. The highest BCUT2D eigenvalue weighted by atomic mass is 19.2. The quantitative estimate of drug-likeness (QED) is 0.880. The van der Waals surface area contributed by atoms with Gasteiger partial charge in [0.15, 0.2) is 11.6 Å². The zero-order valence-corrected chi connectivity index (χ0v) is 10.6. The lowest BCUT2D eigenvalue weighted by molar-refractivity contribution is 0.386. The van der Waals surface area contributed by atoms with Crippen LogP contribution >= 0.6 is 0 Å². The number of benzene rings is 1. The second-order valence-corrected chi connectivity index (χ2v) is 4.53. The Bertz CT molecular complexity index is 550. The van der Waals surface area contributed by atoms with Crippen LogP contribution in [-0.4, -0.2) is 16.5 Å². The second kappa shape index (κ2) is 4.65. The summed E-state index contributed by atoms with van der Waals surface area (Å²) in [5.41, 5.74) is 6.07. The van der Waals surface area contributed by atoms with Crippen molar-refractivity contribution in [2.75, 3.05) is 6.54 Å². The number of hydrogen-bond donors (Lipinski definition) is 2. The molecule has 1 aromatic carbocycles. The zero-order chi connectivity index (χ0) is 13.3. The van der Waals surface area contributed by atoms with Gasteiger partial charge in [0.25, 0.3) is 0 Å². The maximum Gasteiger partial charge on any atom is 0.186 e. The summed E-state index contributed by atoms with van der Waals surface area (Å²) in [5.74, 6) is -1.16. The van der Waals surface area contributed by atoms with Crippen molar-refractivity contribution in [2.24, 2.45) is 5.73 Å². The molecule has 2 aromatic rings. The van der Waals surface area contributed by atoms with Crippen LogP contribution in [0, 0.1) is 11.6 Å². The number of nitrogens with two attached hydrogens (primary N) is 1. The number of nitrogens with zero attached hydrogens (tertiary/aromatic N) is 1. The van der Waals surface area contributed by atoms with Crippen molar-refractivity contribution in [2.45, 2.75) is 32.1 Å². The van der Waals surface area contributed by atoms with Gasteiger partial charge in [0.1, 0.15) is 11.3 Å². The number of nitrogens with one attached hydrogen (secondary N) is 1. The Morgan fingerprint density at radius 2 is 1.94 bits per heavy atom. The van der Waals surface area contributed by atoms with Crippen LogP contribution in [0.2, 0.25) is 0 Å². The first-order chi connectivity index (χ1) is 8.57. The number of H-pyrrole nitrogens is 1. The van der Waals surface area contributed by atoms with Gasteiger partial charge in [-0.25, -0.2) is 13.8 Å². The molecule has 98 valence electrons. The highest BCUT2D eigenvalue weighted by molar-refractivity contribution is 5.76. The molecular formula is C13H17F2N3. The van der Waals surface area contributed by atoms with Crippen LogP contribution in [0.15, 0.2) is 12.1 Å². The number of aromatic nitrogens is 2. The third kappa shape index (κ3) is 1.79. The molecule has 5 heteroatoms. The first-order valence-electron chi connectivity index (χ1n) is 6.12. The molecule has 2 rings (SSSR count). The first-order valence-corrected chi connectivity index (χ1v) is 6.12. The topological polar surface area (TPSA) is 54.7 Å². The van der Waals surface area contributed by atoms with Crippen LogP contribution < -0.4 is 5.73 Å². The van der Waals surface area contributed by atoms with Crippen molar-refractivity contribution < 1.29 is 8.78 Å². The summed E-state index contributed by atoms with van der Waals surface area (Å²) >= 11 is 0. The smallest absolute Gasteiger partial charge is 0.186 e. The molecule has 0 aliphatic heterocycles. The van der Waals surface area contributed by atoms with E-state index in [2.05, 4.69) is 9.97 Å². The van der Waals surface area contributed by atoms with E-state index in [0.29, 0.717) is 17.9 Å². The van der Waals surface area contributed by atoms with Crippen LogP contribution in [0.25, 0.3) is 11.0 Å². The summed E-state index contributed by atoms with van der Waals surface area (Å²) in [4.78, 5) is 7.27. The Labute approximate surface area is 104 Å². The van der Waals surface area contributed by atoms with Crippen molar-refractivity contribution in [3.63, 3.8) is 0 Å². The molecule has 0 saturated heterocycles. The molecule has 0 amide bonds. The molecule has 0 saturated carbocycles. The lowest BCUT2D eigenvalue weighted by atomic mass is 9.82. The first kappa shape index (κ1) is 13.0. The monoisotopic (exact) mass is 253 g/mol. The summed E-state index contributed by atoms with van der Waals surface area (Å²) in [5, 5.41) is 0. The molecule has 0 bridgehead atoms. The van der Waals surface area contributed by atoms with Crippen LogP contribution in [0.4, 0.5) is 8.78 Å². The van der Waals surface area contributed by atoms with E-state index < -0.39 is 11.6 Å². The third-order valence-corrected chi connectivity index (χ3v) is 3.79. The van der Waals surface area contributed by atoms with Gasteiger partial charge in [-0.3, -0.25) is 0 Å². The molecule has 18 heavy (non-hydrogen) atoms. The number of rotatable bonds is 4. The minimum atomic E-state index is -0.909. The Kier molecular flexibility index (Phi) is 3.34. The van der Waals surface area contributed by atoms with E-state index in [1.165, 1.54) is 6.07 Å². The van der Waals surface area contributed by atoms with E-state index in [1.807, 2.05) is 13.8 Å². The lowest BCUT2D eigenvalue weighted by Gasteiger charge is -2.27. The zero-order valence-electron chi connectivity index (χ0n) is 10.6. The van der Waals surface area contributed by atoms with Gasteiger partial charge in [-0.2, -0.15) is 0 Å². The van der Waals surface area contributed by atoms with Gasteiger partial charge in [0.05, 0.1) is 5.52 Å². The van der Waals surface area contributed by atoms with Gasteiger partial charge in [0.2, 0.25) is 0 Å². The van der Waals surface area contributed by atoms with Crippen LogP contribution in [-0.2, 0) is 5.41 Å². The minimum absolute atomic E-state index is 0.0460. The molecule has 0 aliphatic carbocycles. The molecule has 1 heterocycles. The van der Waals surface area contributed by atoms with E-state index in [-0.39, 0.29) is 10.9 Å². The lowest BCUT2D eigenvalue weighted by Crippen LogP contribution is -2.35. The summed E-state index contributed by atoms with van der Waals surface area (Å²) in [6.07, 6.45) is 1.59. The van der Waals surface area contributed by atoms with Crippen molar-refractivity contribution in [1.82, 2.24) is 9.97 Å². The second-order valence-electron chi connectivity index (χ2n) is 4.53. The normalized spacial score (nSPS) is 12.3. The number of imidazole rings is 1. The Morgan fingerprint density at radius 1 is 1.28 bits per heavy atom. The van der Waals surface area contributed by atoms with Crippen molar-refractivity contribution in [3.8, 4) is 0 Å². The van der Waals surface area contributed by atoms with Gasteiger partial charge < -0.3 is 10.7 Å². The maximum atomic E-state index is 13.6. The van der Waals surface area contributed by atoms with E-state index in [4.69, 9.17) is 5.73 Å². The average Bonchev–Trinajstić information content (AvgIpc) is 2.82. The summed E-state index contributed by atoms with van der Waals surface area (Å²) in [6.45, 7) is 4.45. The average molecular weight is 253 g/mol. The van der Waals surface area contributed by atoms with E-state index in [9.17, 15) is 8.78 Å². The number of aromatic amines is 1. The fourth-order valence-corrected chi connectivity index (χ4v) is 2.24. The molecule has 1 aromatic heterocycles. The Morgan fingerprint density at radius 3 is 2.50 bits per heavy atom. The molecule has 0 atom stereocenters. The van der Waals surface area contributed by atoms with Crippen molar-refractivity contribution in [3.05, 3.63) is 29.6 Å². The Hall–Kier alpha value is -1.49. The standard InChI is InChI=1S/C13H17F2N3/c1-3-13(4-2,7-16)12-17-9-6-5-8(14)10(15)11(9)18-12/h5-6H,3-4,7,16H2,1-2H3,(H,17,18). The number of halogens is 2. The van der Waals surface area contributed by atoms with Gasteiger partial charge in [-0.15, -0.1) is 0 Å². The largest absolute Gasteiger partial charge is 0.341 e. The van der Waals surface area contributed by atoms with Crippen LogP contribution in [0.1, 0.15) is 32.5 Å². The minimum Gasteiger partial charge on any atom is -0.341 e. The van der Waals surface area contributed by atoms with Crippen LogP contribution in [0.3, 0.4) is 0 Å². The van der Waals surface area contributed by atoms with E-state index >= 15 is 0 Å². The third-order valence-electron chi connectivity index (χ3n) is 3.79. The summed E-state index contributed by atoms with van der Waals surface area (Å²) < 4.78 is 26.8. The fraction of sp³-hybridized carbons (Fsp3) is 0.462. The number of hydrogen-bond acceptors (Lipinski definition) is 2. The highest BCUT2D eigenvalue weighted by Gasteiger charge is 2.30. The molecule has 3 N–H and O–H groups in total. The van der Waals surface area contributed by atoms with Crippen molar-refractivity contribution in [1.29, 1.82) is 0 Å². The Balaban J connectivity index is 2.63. The van der Waals surface area contributed by atoms with E-state index in [0.717, 1.165) is 18.9 Å². The predicted molar refractivity (Wildman–Crippen MR) is 67.3 cm³/mol. The molecule has 0 unspecified atom stereocenters.